The summed E-state index contributed by atoms with van der Waals surface area (Å²) in [5.41, 5.74) is 2.40. The van der Waals surface area contributed by atoms with Crippen LogP contribution in [0, 0.1) is 0 Å². The molecule has 0 aliphatic rings. The summed E-state index contributed by atoms with van der Waals surface area (Å²) in [6.45, 7) is 8.02. The van der Waals surface area contributed by atoms with Gasteiger partial charge in [-0.25, -0.2) is 0 Å². The van der Waals surface area contributed by atoms with Crippen molar-refractivity contribution in [3.63, 3.8) is 0 Å². The molecule has 0 fully saturated rings. The Morgan fingerprint density at radius 2 is 2.33 bits per heavy atom. The van der Waals surface area contributed by atoms with E-state index in [2.05, 4.69) is 36.7 Å². The number of carbonyl (C=O) groups is 1. The van der Waals surface area contributed by atoms with Crippen LogP contribution in [0.5, 0.6) is 0 Å². The maximum atomic E-state index is 11.2. The average molecular weight is 260 g/mol. The standard InChI is InChI=1S/C14H16N2OS/c1-4-8-16-12-7-6-11(5-2)9-13(12)18-14(16)15-10(3)17/h4,6-7,9H,1,5,8H2,2-3H3. The van der Waals surface area contributed by atoms with Crippen molar-refractivity contribution < 1.29 is 4.79 Å². The molecule has 1 aromatic carbocycles. The molecule has 1 heterocycles. The van der Waals surface area contributed by atoms with E-state index in [0.717, 1.165) is 21.4 Å². The molecule has 3 nitrogen and oxygen atoms in total. The van der Waals surface area contributed by atoms with Gasteiger partial charge in [0.05, 0.1) is 10.2 Å². The molecular weight excluding hydrogens is 244 g/mol. The smallest absolute Gasteiger partial charge is 0.245 e. The zero-order chi connectivity index (χ0) is 13.1. The van der Waals surface area contributed by atoms with E-state index in [9.17, 15) is 4.79 Å². The molecule has 94 valence electrons. The number of benzene rings is 1. The fraction of sp³-hybridized carbons (Fsp3) is 0.286. The molecule has 0 N–H and O–H groups in total. The Morgan fingerprint density at radius 1 is 1.56 bits per heavy atom. The van der Waals surface area contributed by atoms with Gasteiger partial charge in [0.25, 0.3) is 0 Å². The molecule has 1 amide bonds. The first-order chi connectivity index (χ1) is 8.65. The monoisotopic (exact) mass is 260 g/mol. The zero-order valence-electron chi connectivity index (χ0n) is 10.6. The molecule has 1 aromatic heterocycles. The third kappa shape index (κ3) is 2.43. The summed E-state index contributed by atoms with van der Waals surface area (Å²) in [5.74, 6) is -0.171. The lowest BCUT2D eigenvalue weighted by molar-refractivity contribution is -0.116. The number of carbonyl (C=O) groups excluding carboxylic acids is 1. The number of aromatic nitrogens is 1. The van der Waals surface area contributed by atoms with Crippen LogP contribution in [-0.4, -0.2) is 10.5 Å². The molecule has 0 atom stereocenters. The van der Waals surface area contributed by atoms with Crippen molar-refractivity contribution >= 4 is 27.5 Å². The lowest BCUT2D eigenvalue weighted by Crippen LogP contribution is -2.15. The quantitative estimate of drug-likeness (QED) is 0.781. The summed E-state index contributed by atoms with van der Waals surface area (Å²) in [4.78, 5) is 16.0. The highest BCUT2D eigenvalue weighted by atomic mass is 32.1. The number of nitrogens with zero attached hydrogens (tertiary/aromatic N) is 2. The Morgan fingerprint density at radius 3 is 2.94 bits per heavy atom. The van der Waals surface area contributed by atoms with Gasteiger partial charge < -0.3 is 4.57 Å². The topological polar surface area (TPSA) is 34.4 Å². The van der Waals surface area contributed by atoms with Crippen LogP contribution < -0.4 is 4.80 Å². The third-order valence-corrected chi connectivity index (χ3v) is 3.76. The number of hydrogen-bond donors (Lipinski definition) is 0. The van der Waals surface area contributed by atoms with E-state index in [0.29, 0.717) is 6.54 Å². The Bertz CT molecular complexity index is 664. The van der Waals surface area contributed by atoms with E-state index in [1.165, 1.54) is 12.5 Å². The van der Waals surface area contributed by atoms with Gasteiger partial charge in [-0.1, -0.05) is 30.4 Å². The Kier molecular flexibility index (Phi) is 3.77. The summed E-state index contributed by atoms with van der Waals surface area (Å²) in [5, 5.41) is 0. The number of thiazole rings is 1. The molecule has 2 aromatic rings. The molecule has 0 aliphatic carbocycles. The van der Waals surface area contributed by atoms with Gasteiger partial charge in [-0.05, 0) is 24.1 Å². The molecule has 18 heavy (non-hydrogen) atoms. The molecule has 0 saturated carbocycles. The summed E-state index contributed by atoms with van der Waals surface area (Å²) in [7, 11) is 0. The molecule has 0 bridgehead atoms. The SMILES string of the molecule is C=CCn1c(=NC(C)=O)sc2cc(CC)ccc21. The molecule has 0 radical (unpaired) electrons. The number of aryl methyl sites for hydroxylation is 1. The van der Waals surface area contributed by atoms with E-state index in [-0.39, 0.29) is 5.91 Å². The van der Waals surface area contributed by atoms with Gasteiger partial charge in [-0.2, -0.15) is 4.99 Å². The Balaban J connectivity index is 2.73. The highest BCUT2D eigenvalue weighted by Crippen LogP contribution is 2.19. The van der Waals surface area contributed by atoms with Crippen LogP contribution in [-0.2, 0) is 17.8 Å². The summed E-state index contributed by atoms with van der Waals surface area (Å²) in [6, 6.07) is 6.37. The van der Waals surface area contributed by atoms with Crippen LogP contribution in [0.1, 0.15) is 19.4 Å². The fourth-order valence-electron chi connectivity index (χ4n) is 1.86. The van der Waals surface area contributed by atoms with Gasteiger partial charge in [-0.15, -0.1) is 6.58 Å². The Hall–Kier alpha value is -1.68. The second kappa shape index (κ2) is 5.31. The lowest BCUT2D eigenvalue weighted by atomic mass is 10.2. The van der Waals surface area contributed by atoms with Gasteiger partial charge in [0, 0.05) is 13.5 Å². The first-order valence-electron chi connectivity index (χ1n) is 5.94. The van der Waals surface area contributed by atoms with E-state index in [1.807, 2.05) is 10.6 Å². The minimum atomic E-state index is -0.171. The summed E-state index contributed by atoms with van der Waals surface area (Å²) in [6.07, 6.45) is 2.83. The molecular formula is C14H16N2OS. The van der Waals surface area contributed by atoms with Gasteiger partial charge in [0.15, 0.2) is 4.80 Å². The highest BCUT2D eigenvalue weighted by molar-refractivity contribution is 7.16. The fourth-order valence-corrected chi connectivity index (χ4v) is 3.01. The highest BCUT2D eigenvalue weighted by Gasteiger charge is 2.06. The van der Waals surface area contributed by atoms with Crippen molar-refractivity contribution in [3.05, 3.63) is 41.2 Å². The molecule has 0 unspecified atom stereocenters. The van der Waals surface area contributed by atoms with Crippen molar-refractivity contribution in [2.45, 2.75) is 26.8 Å². The molecule has 2 rings (SSSR count). The van der Waals surface area contributed by atoms with Crippen LogP contribution >= 0.6 is 11.3 Å². The van der Waals surface area contributed by atoms with Gasteiger partial charge >= 0.3 is 0 Å². The van der Waals surface area contributed by atoms with Gasteiger partial charge in [-0.3, -0.25) is 4.79 Å². The van der Waals surface area contributed by atoms with Gasteiger partial charge in [0.1, 0.15) is 0 Å². The van der Waals surface area contributed by atoms with Gasteiger partial charge in [0.2, 0.25) is 5.91 Å². The van der Waals surface area contributed by atoms with Crippen LogP contribution in [0.3, 0.4) is 0 Å². The second-order valence-corrected chi connectivity index (χ2v) is 5.08. The maximum Gasteiger partial charge on any atom is 0.245 e. The largest absolute Gasteiger partial charge is 0.313 e. The normalized spacial score (nSPS) is 12.0. The van der Waals surface area contributed by atoms with Crippen molar-refractivity contribution in [3.8, 4) is 0 Å². The van der Waals surface area contributed by atoms with Crippen LogP contribution in [0.4, 0.5) is 0 Å². The molecule has 0 saturated heterocycles. The zero-order valence-corrected chi connectivity index (χ0v) is 11.5. The van der Waals surface area contributed by atoms with Crippen LogP contribution in [0.2, 0.25) is 0 Å². The molecule has 0 aliphatic heterocycles. The van der Waals surface area contributed by atoms with E-state index < -0.39 is 0 Å². The minimum Gasteiger partial charge on any atom is -0.313 e. The maximum absolute atomic E-state index is 11.2. The van der Waals surface area contributed by atoms with Crippen molar-refractivity contribution in [1.82, 2.24) is 4.57 Å². The first kappa shape index (κ1) is 12.8. The van der Waals surface area contributed by atoms with E-state index >= 15 is 0 Å². The van der Waals surface area contributed by atoms with Crippen molar-refractivity contribution in [1.29, 1.82) is 0 Å². The van der Waals surface area contributed by atoms with Crippen LogP contribution in [0.15, 0.2) is 35.8 Å². The molecule has 4 heteroatoms. The first-order valence-corrected chi connectivity index (χ1v) is 6.75. The number of rotatable bonds is 3. The Labute approximate surface area is 110 Å². The van der Waals surface area contributed by atoms with E-state index in [1.54, 1.807) is 11.3 Å². The van der Waals surface area contributed by atoms with Crippen molar-refractivity contribution in [2.24, 2.45) is 4.99 Å². The molecule has 0 spiro atoms. The van der Waals surface area contributed by atoms with E-state index in [4.69, 9.17) is 0 Å². The second-order valence-electron chi connectivity index (χ2n) is 4.07. The number of hydrogen-bond acceptors (Lipinski definition) is 2. The summed E-state index contributed by atoms with van der Waals surface area (Å²) < 4.78 is 3.18. The van der Waals surface area contributed by atoms with Crippen molar-refractivity contribution in [2.75, 3.05) is 0 Å². The summed E-state index contributed by atoms with van der Waals surface area (Å²) >= 11 is 1.55. The number of allylic oxidation sites excluding steroid dienone is 1. The lowest BCUT2D eigenvalue weighted by Gasteiger charge is -2.01. The number of fused-ring (bicyclic) bond motifs is 1. The minimum absolute atomic E-state index is 0.171. The van der Waals surface area contributed by atoms with Crippen LogP contribution in [0.25, 0.3) is 10.2 Å². The average Bonchev–Trinajstić information content (AvgIpc) is 2.66. The predicted molar refractivity (Wildman–Crippen MR) is 75.6 cm³/mol. The third-order valence-electron chi connectivity index (χ3n) is 2.72. The number of amides is 1. The predicted octanol–water partition coefficient (Wildman–Crippen LogP) is 2.90.